The van der Waals surface area contributed by atoms with Crippen molar-refractivity contribution in [1.29, 1.82) is 0 Å². The van der Waals surface area contributed by atoms with Crippen LogP contribution in [0.3, 0.4) is 0 Å². The molecule has 0 unspecified atom stereocenters. The number of hydrogen-bond acceptors (Lipinski definition) is 10. The first-order chi connectivity index (χ1) is 22.2. The molecule has 12 nitrogen and oxygen atoms in total. The van der Waals surface area contributed by atoms with Gasteiger partial charge in [-0.1, -0.05) is 52.7 Å². The Labute approximate surface area is 283 Å². The average molecular weight is 693 g/mol. The summed E-state index contributed by atoms with van der Waals surface area (Å²) in [7, 11) is -0.295. The Balaban J connectivity index is 1.75. The smallest absolute Gasteiger partial charge is 0.284 e. The Hall–Kier alpha value is -3.07. The largest absolute Gasteiger partial charge is 0.399 e. The molecule has 2 heterocycles. The number of nitrogen functional groups attached to an aromatic ring is 1. The minimum absolute atomic E-state index is 0.0320. The van der Waals surface area contributed by atoms with Crippen molar-refractivity contribution in [2.45, 2.75) is 96.7 Å². The van der Waals surface area contributed by atoms with E-state index in [1.807, 2.05) is 41.7 Å². The summed E-state index contributed by atoms with van der Waals surface area (Å²) in [6, 6.07) is 5.25. The molecule has 0 bridgehead atoms. The van der Waals surface area contributed by atoms with Crippen molar-refractivity contribution in [3.05, 3.63) is 45.9 Å². The second-order valence-corrected chi connectivity index (χ2v) is 15.4. The van der Waals surface area contributed by atoms with Crippen LogP contribution in [0.1, 0.15) is 93.9 Å². The van der Waals surface area contributed by atoms with E-state index in [4.69, 9.17) is 10.5 Å². The second-order valence-electron chi connectivity index (χ2n) is 12.8. The number of sulfonamides is 1. The quantitative estimate of drug-likeness (QED) is 0.221. The number of anilines is 1. The zero-order chi connectivity index (χ0) is 34.9. The van der Waals surface area contributed by atoms with Crippen molar-refractivity contribution < 1.29 is 27.5 Å². The molecular weight excluding hydrogens is 641 g/mol. The SMILES string of the molecule is CCO[C@H](C[C@H](C(C)C)N(C)C(=O)[C@@H](NC(=O)[C@H]1CCCCN1C)[C@@H](C)CC)c1nc(C(=O)NS(=O)(=O)Cc2cccc(N)c2)cs1. The van der Waals surface area contributed by atoms with Crippen LogP contribution < -0.4 is 15.8 Å². The first kappa shape index (κ1) is 38.4. The third-order valence-electron chi connectivity index (χ3n) is 8.87. The van der Waals surface area contributed by atoms with Crippen LogP contribution in [0.5, 0.6) is 0 Å². The van der Waals surface area contributed by atoms with E-state index >= 15 is 0 Å². The monoisotopic (exact) mass is 692 g/mol. The van der Waals surface area contributed by atoms with Crippen LogP contribution in [0, 0.1) is 11.8 Å². The van der Waals surface area contributed by atoms with Crippen molar-refractivity contribution in [2.75, 3.05) is 33.0 Å². The summed E-state index contributed by atoms with van der Waals surface area (Å²) in [5, 5.41) is 5.10. The van der Waals surface area contributed by atoms with E-state index < -0.39 is 33.8 Å². The molecule has 47 heavy (non-hydrogen) atoms. The number of likely N-dealkylation sites (N-methyl/N-ethyl adjacent to an activating group) is 2. The lowest BCUT2D eigenvalue weighted by atomic mass is 9.92. The highest BCUT2D eigenvalue weighted by Crippen LogP contribution is 2.31. The third-order valence-corrected chi connectivity index (χ3v) is 11.0. The van der Waals surface area contributed by atoms with Crippen molar-refractivity contribution in [2.24, 2.45) is 11.8 Å². The van der Waals surface area contributed by atoms with E-state index in [9.17, 15) is 22.8 Å². The summed E-state index contributed by atoms with van der Waals surface area (Å²) in [5.74, 6) is -1.57. The van der Waals surface area contributed by atoms with Crippen LogP contribution in [0.2, 0.25) is 0 Å². The Kier molecular flexibility index (Phi) is 14.2. The molecule has 3 rings (SSSR count). The van der Waals surface area contributed by atoms with Crippen molar-refractivity contribution in [1.82, 2.24) is 24.8 Å². The van der Waals surface area contributed by atoms with Crippen LogP contribution in [0.25, 0.3) is 0 Å². The van der Waals surface area contributed by atoms with E-state index in [1.165, 1.54) is 16.7 Å². The molecule has 2 aromatic rings. The Morgan fingerprint density at radius 2 is 1.91 bits per heavy atom. The molecule has 14 heteroatoms. The number of carbonyl (C=O) groups excluding carboxylic acids is 3. The number of nitrogens with two attached hydrogens (primary N) is 1. The maximum absolute atomic E-state index is 14.1. The average Bonchev–Trinajstić information content (AvgIpc) is 3.51. The van der Waals surface area contributed by atoms with Crippen molar-refractivity contribution >= 4 is 44.8 Å². The maximum atomic E-state index is 14.1. The molecule has 1 aromatic carbocycles. The molecule has 1 aliphatic heterocycles. The van der Waals surface area contributed by atoms with Gasteiger partial charge in [0.25, 0.3) is 5.91 Å². The number of thiazole rings is 1. The molecular formula is C33H52N6O6S2. The number of benzene rings is 1. The van der Waals surface area contributed by atoms with E-state index in [0.29, 0.717) is 29.3 Å². The molecule has 5 atom stereocenters. The van der Waals surface area contributed by atoms with E-state index in [1.54, 1.807) is 36.2 Å². The van der Waals surface area contributed by atoms with Gasteiger partial charge in [0.15, 0.2) is 0 Å². The number of nitrogens with zero attached hydrogens (tertiary/aromatic N) is 3. The zero-order valence-electron chi connectivity index (χ0n) is 28.7. The molecule has 3 amide bonds. The summed E-state index contributed by atoms with van der Waals surface area (Å²) in [6.07, 6.45) is 3.37. The second kappa shape index (κ2) is 17.4. The van der Waals surface area contributed by atoms with Crippen LogP contribution in [0.15, 0.2) is 29.6 Å². The molecule has 1 saturated heterocycles. The number of amides is 3. The van der Waals surface area contributed by atoms with Crippen molar-refractivity contribution in [3.8, 4) is 0 Å². The highest BCUT2D eigenvalue weighted by Gasteiger charge is 2.37. The van der Waals surface area contributed by atoms with Gasteiger partial charge in [0.1, 0.15) is 22.8 Å². The lowest BCUT2D eigenvalue weighted by Crippen LogP contribution is -2.58. The summed E-state index contributed by atoms with van der Waals surface area (Å²) in [6.45, 7) is 11.1. The van der Waals surface area contributed by atoms with Gasteiger partial charge in [0.2, 0.25) is 21.8 Å². The van der Waals surface area contributed by atoms with Gasteiger partial charge < -0.3 is 20.7 Å². The maximum Gasteiger partial charge on any atom is 0.284 e. The molecule has 1 aliphatic rings. The number of rotatable bonds is 16. The van der Waals surface area contributed by atoms with E-state index in [0.717, 1.165) is 32.2 Å². The van der Waals surface area contributed by atoms with Gasteiger partial charge in [0.05, 0.1) is 11.8 Å². The summed E-state index contributed by atoms with van der Waals surface area (Å²) < 4.78 is 33.6. The van der Waals surface area contributed by atoms with E-state index in [2.05, 4.69) is 19.9 Å². The molecule has 0 spiro atoms. The Morgan fingerprint density at radius 1 is 1.19 bits per heavy atom. The minimum Gasteiger partial charge on any atom is -0.399 e. The lowest BCUT2D eigenvalue weighted by Gasteiger charge is -2.38. The van der Waals surface area contributed by atoms with Crippen LogP contribution in [-0.4, -0.2) is 86.3 Å². The summed E-state index contributed by atoms with van der Waals surface area (Å²) >= 11 is 1.20. The molecule has 262 valence electrons. The normalized spacial score (nSPS) is 18.3. The number of likely N-dealkylation sites (tertiary alicyclic amines) is 1. The topological polar surface area (TPSA) is 164 Å². The molecule has 0 saturated carbocycles. The first-order valence-electron chi connectivity index (χ1n) is 16.4. The molecule has 0 radical (unpaired) electrons. The number of nitrogens with one attached hydrogen (secondary N) is 2. The third kappa shape index (κ3) is 10.7. The van der Waals surface area contributed by atoms with Gasteiger partial charge in [-0.25, -0.2) is 18.1 Å². The van der Waals surface area contributed by atoms with Gasteiger partial charge in [-0.3, -0.25) is 19.3 Å². The first-order valence-corrected chi connectivity index (χ1v) is 18.9. The fourth-order valence-electron chi connectivity index (χ4n) is 5.93. The van der Waals surface area contributed by atoms with Crippen molar-refractivity contribution in [3.63, 3.8) is 0 Å². The molecule has 1 aromatic heterocycles. The van der Waals surface area contributed by atoms with Gasteiger partial charge in [-0.15, -0.1) is 11.3 Å². The minimum atomic E-state index is -4.01. The highest BCUT2D eigenvalue weighted by atomic mass is 32.2. The number of carbonyl (C=O) groups is 3. The van der Waals surface area contributed by atoms with Crippen LogP contribution in [0.4, 0.5) is 5.69 Å². The predicted molar refractivity (Wildman–Crippen MR) is 185 cm³/mol. The molecule has 4 N–H and O–H groups in total. The zero-order valence-corrected chi connectivity index (χ0v) is 30.3. The number of ether oxygens (including phenoxy) is 1. The predicted octanol–water partition coefficient (Wildman–Crippen LogP) is 3.95. The highest BCUT2D eigenvalue weighted by molar-refractivity contribution is 7.89. The van der Waals surface area contributed by atoms with Gasteiger partial charge >= 0.3 is 0 Å². The number of hydrogen-bond donors (Lipinski definition) is 3. The summed E-state index contributed by atoms with van der Waals surface area (Å²) in [5.41, 5.74) is 6.60. The van der Waals surface area contributed by atoms with E-state index in [-0.39, 0.29) is 41.4 Å². The van der Waals surface area contributed by atoms with Crippen LogP contribution in [-0.2, 0) is 30.1 Å². The van der Waals surface area contributed by atoms with Gasteiger partial charge in [-0.2, -0.15) is 0 Å². The van der Waals surface area contributed by atoms with Crippen LogP contribution >= 0.6 is 11.3 Å². The van der Waals surface area contributed by atoms with Gasteiger partial charge in [-0.05, 0) is 62.9 Å². The molecule has 0 aliphatic carbocycles. The lowest BCUT2D eigenvalue weighted by molar-refractivity contribution is -0.141. The summed E-state index contributed by atoms with van der Waals surface area (Å²) in [4.78, 5) is 48.6. The standard InChI is InChI=1S/C33H52N6O6S2/c1-8-22(5)29(36-31(41)26-15-10-11-16-38(26)6)33(42)39(7)27(21(3)4)18-28(45-9-2)32-35-25(19-46-32)30(40)37-47(43,44)20-23-13-12-14-24(34)17-23/h12-14,17,19,21-22,26-29H,8-11,15-16,18,20,34H2,1-7H3,(H,36,41)(H,37,40)/t22-,26+,27+,28+,29-/m0/s1. The fraction of sp³-hybridized carbons (Fsp3) is 0.636. The molecule has 1 fully saturated rings. The van der Waals surface area contributed by atoms with Gasteiger partial charge in [0, 0.05) is 37.2 Å². The number of aromatic nitrogens is 1. The Morgan fingerprint density at radius 3 is 2.53 bits per heavy atom. The number of piperidine rings is 1. The fourth-order valence-corrected chi connectivity index (χ4v) is 7.87. The Bertz CT molecular complexity index is 1460.